The van der Waals surface area contributed by atoms with Gasteiger partial charge >= 0.3 is 0 Å². The quantitative estimate of drug-likeness (QED) is 0.145. The van der Waals surface area contributed by atoms with Crippen molar-refractivity contribution in [2.75, 3.05) is 19.7 Å². The molecule has 37 heavy (non-hydrogen) atoms. The van der Waals surface area contributed by atoms with Gasteiger partial charge in [-0.25, -0.2) is 13.1 Å². The molecule has 1 atom stereocenters. The lowest BCUT2D eigenvalue weighted by Gasteiger charge is -2.24. The second-order valence-corrected chi connectivity index (χ2v) is 11.8. The maximum absolute atomic E-state index is 13.1. The van der Waals surface area contributed by atoms with Crippen LogP contribution < -0.4 is 25.2 Å². The van der Waals surface area contributed by atoms with E-state index in [2.05, 4.69) is 32.6 Å². The van der Waals surface area contributed by atoms with Gasteiger partial charge in [0.1, 0.15) is 30.0 Å². The minimum atomic E-state index is -3.76. The van der Waals surface area contributed by atoms with Crippen molar-refractivity contribution in [3.63, 3.8) is 0 Å². The molecule has 0 aliphatic carbocycles. The van der Waals surface area contributed by atoms with Crippen LogP contribution in [0.1, 0.15) is 24.0 Å². The van der Waals surface area contributed by atoms with E-state index in [1.54, 1.807) is 42.5 Å². The molecule has 0 radical (unpaired) electrons. The molecule has 1 fully saturated rings. The van der Waals surface area contributed by atoms with Crippen molar-refractivity contribution >= 4 is 38.4 Å². The number of hydrogen-bond donors (Lipinski definition) is 4. The third kappa shape index (κ3) is 7.91. The summed E-state index contributed by atoms with van der Waals surface area (Å²) in [5.41, 5.74) is 7.13. The number of nitrogens with two attached hydrogens (primary N) is 1. The van der Waals surface area contributed by atoms with E-state index in [9.17, 15) is 8.42 Å². The van der Waals surface area contributed by atoms with Crippen LogP contribution in [-0.2, 0) is 16.4 Å². The van der Waals surface area contributed by atoms with E-state index in [-0.39, 0.29) is 23.4 Å². The van der Waals surface area contributed by atoms with Gasteiger partial charge in [0.25, 0.3) is 0 Å². The molecule has 4 rings (SSSR count). The van der Waals surface area contributed by atoms with Crippen LogP contribution in [0.4, 0.5) is 0 Å². The Bertz CT molecular complexity index is 1300. The monoisotopic (exact) mass is 634 g/mol. The summed E-state index contributed by atoms with van der Waals surface area (Å²) in [5, 5.41) is 11.0. The lowest BCUT2D eigenvalue weighted by atomic mass is 10.1. The third-order valence-corrected chi connectivity index (χ3v) is 8.48. The van der Waals surface area contributed by atoms with Crippen LogP contribution in [0.3, 0.4) is 0 Å². The predicted molar refractivity (Wildman–Crippen MR) is 153 cm³/mol. The van der Waals surface area contributed by atoms with E-state index in [1.165, 1.54) is 0 Å². The van der Waals surface area contributed by atoms with Crippen LogP contribution in [0.15, 0.2) is 77.7 Å². The lowest BCUT2D eigenvalue weighted by molar-refractivity contribution is 0.162. The van der Waals surface area contributed by atoms with Crippen LogP contribution in [0, 0.1) is 8.98 Å². The van der Waals surface area contributed by atoms with Gasteiger partial charge in [-0.2, -0.15) is 0 Å². The van der Waals surface area contributed by atoms with Gasteiger partial charge < -0.3 is 20.5 Å². The van der Waals surface area contributed by atoms with Crippen LogP contribution in [-0.4, -0.2) is 46.1 Å². The van der Waals surface area contributed by atoms with E-state index < -0.39 is 16.1 Å². The Kier molecular flexibility index (Phi) is 9.41. The van der Waals surface area contributed by atoms with Crippen molar-refractivity contribution in [1.82, 2.24) is 10.0 Å². The second-order valence-electron chi connectivity index (χ2n) is 8.92. The highest BCUT2D eigenvalue weighted by Gasteiger charge is 2.22. The van der Waals surface area contributed by atoms with E-state index in [4.69, 9.17) is 20.6 Å². The molecule has 1 aliphatic heterocycles. The molecule has 1 saturated heterocycles. The summed E-state index contributed by atoms with van der Waals surface area (Å²) in [5.74, 6) is 1.29. The highest BCUT2D eigenvalue weighted by Crippen LogP contribution is 2.24. The van der Waals surface area contributed by atoms with Crippen molar-refractivity contribution in [2.45, 2.75) is 36.3 Å². The summed E-state index contributed by atoms with van der Waals surface area (Å²) in [4.78, 5) is 0.193. The van der Waals surface area contributed by atoms with Crippen LogP contribution in [0.5, 0.6) is 11.5 Å². The molecule has 0 aromatic heterocycles. The first-order valence-electron chi connectivity index (χ1n) is 12.1. The van der Waals surface area contributed by atoms with Gasteiger partial charge in [-0.3, -0.25) is 5.41 Å². The summed E-state index contributed by atoms with van der Waals surface area (Å²) >= 11 is 2.14. The molecule has 1 heterocycles. The van der Waals surface area contributed by atoms with Gasteiger partial charge in [-0.05, 0) is 103 Å². The van der Waals surface area contributed by atoms with Gasteiger partial charge in [-0.1, -0.05) is 30.3 Å². The molecule has 0 spiro atoms. The summed E-state index contributed by atoms with van der Waals surface area (Å²) in [6.07, 6.45) is 2.58. The number of piperidine rings is 1. The zero-order valence-corrected chi connectivity index (χ0v) is 23.3. The highest BCUT2D eigenvalue weighted by atomic mass is 127. The molecule has 0 unspecified atom stereocenters. The van der Waals surface area contributed by atoms with E-state index in [1.807, 2.05) is 30.3 Å². The number of nitrogen functional groups attached to an aromatic ring is 1. The maximum atomic E-state index is 13.1. The van der Waals surface area contributed by atoms with Gasteiger partial charge in [0.15, 0.2) is 0 Å². The highest BCUT2D eigenvalue weighted by molar-refractivity contribution is 14.1. The number of ether oxygens (including phenoxy) is 2. The molecular formula is C27H31IN4O4S. The fourth-order valence-electron chi connectivity index (χ4n) is 4.09. The molecular weight excluding hydrogens is 603 g/mol. The molecule has 8 nitrogen and oxygen atoms in total. The normalized spacial score (nSPS) is 15.2. The Morgan fingerprint density at radius 1 is 1.08 bits per heavy atom. The second kappa shape index (κ2) is 12.7. The molecule has 196 valence electrons. The SMILES string of the molecule is N=C(N)c1ccc(I)c(OC[C@H](Cc2ccc(OC3CCNCC3)cc2)NS(=O)(=O)c2ccccc2)c1. The van der Waals surface area contributed by atoms with Gasteiger partial charge in [0, 0.05) is 5.56 Å². The number of nitrogens with one attached hydrogen (secondary N) is 3. The predicted octanol–water partition coefficient (Wildman–Crippen LogP) is 3.67. The minimum Gasteiger partial charge on any atom is -0.491 e. The molecule has 1 aliphatic rings. The van der Waals surface area contributed by atoms with Crippen molar-refractivity contribution in [3.05, 3.63) is 87.5 Å². The Morgan fingerprint density at radius 3 is 2.46 bits per heavy atom. The third-order valence-electron chi connectivity index (χ3n) is 6.05. The summed E-state index contributed by atoms with van der Waals surface area (Å²) in [6, 6.07) is 20.8. The summed E-state index contributed by atoms with van der Waals surface area (Å²) in [6.45, 7) is 2.01. The number of halogens is 1. The zero-order valence-electron chi connectivity index (χ0n) is 20.3. The molecule has 0 bridgehead atoms. The first-order chi connectivity index (χ1) is 17.8. The first-order valence-corrected chi connectivity index (χ1v) is 14.7. The van der Waals surface area contributed by atoms with Crippen LogP contribution >= 0.6 is 22.6 Å². The molecule has 3 aromatic carbocycles. The van der Waals surface area contributed by atoms with Crippen molar-refractivity contribution < 1.29 is 17.9 Å². The van der Waals surface area contributed by atoms with Crippen molar-refractivity contribution in [3.8, 4) is 11.5 Å². The fourth-order valence-corrected chi connectivity index (χ4v) is 5.82. The van der Waals surface area contributed by atoms with Crippen LogP contribution in [0.25, 0.3) is 0 Å². The number of sulfonamides is 1. The molecule has 0 saturated carbocycles. The number of amidine groups is 1. The zero-order chi connectivity index (χ0) is 26.3. The number of benzene rings is 3. The number of rotatable bonds is 11. The van der Waals surface area contributed by atoms with E-state index >= 15 is 0 Å². The smallest absolute Gasteiger partial charge is 0.240 e. The first kappa shape index (κ1) is 27.4. The fraction of sp³-hybridized carbons (Fsp3) is 0.296. The van der Waals surface area contributed by atoms with Gasteiger partial charge in [0.2, 0.25) is 10.0 Å². The van der Waals surface area contributed by atoms with Gasteiger partial charge in [-0.15, -0.1) is 0 Å². The molecule has 5 N–H and O–H groups in total. The minimum absolute atomic E-state index is 0.0608. The maximum Gasteiger partial charge on any atom is 0.240 e. The Labute approximate surface area is 231 Å². The Morgan fingerprint density at radius 2 is 1.78 bits per heavy atom. The summed E-state index contributed by atoms with van der Waals surface area (Å²) in [7, 11) is -3.76. The molecule has 3 aromatic rings. The molecule has 0 amide bonds. The van der Waals surface area contributed by atoms with Crippen molar-refractivity contribution in [2.24, 2.45) is 5.73 Å². The lowest BCUT2D eigenvalue weighted by Crippen LogP contribution is -2.40. The Balaban J connectivity index is 1.49. The van der Waals surface area contributed by atoms with Crippen LogP contribution in [0.2, 0.25) is 0 Å². The average molecular weight is 635 g/mol. The standard InChI is InChI=1S/C27H31IN4O4S/c28-25-11-8-20(27(29)30)17-26(25)35-18-21(32-37(33,34)24-4-2-1-3-5-24)16-19-6-9-22(10-7-19)36-23-12-14-31-15-13-23/h1-11,17,21,23,31-32H,12-16,18H2,(H3,29,30)/t21-/m0/s1. The van der Waals surface area contributed by atoms with Gasteiger partial charge in [0.05, 0.1) is 14.5 Å². The Hall–Kier alpha value is -2.67. The van der Waals surface area contributed by atoms with E-state index in [0.29, 0.717) is 17.7 Å². The molecule has 10 heteroatoms. The van der Waals surface area contributed by atoms with E-state index in [0.717, 1.165) is 40.8 Å². The summed E-state index contributed by atoms with van der Waals surface area (Å²) < 4.78 is 42.0. The number of hydrogen-bond acceptors (Lipinski definition) is 6. The average Bonchev–Trinajstić information content (AvgIpc) is 2.90. The topological polar surface area (TPSA) is 127 Å². The van der Waals surface area contributed by atoms with Crippen molar-refractivity contribution in [1.29, 1.82) is 5.41 Å². The largest absolute Gasteiger partial charge is 0.491 e.